The molecule has 0 radical (unpaired) electrons. The van der Waals surface area contributed by atoms with Gasteiger partial charge in [0.25, 0.3) is 0 Å². The van der Waals surface area contributed by atoms with E-state index < -0.39 is 6.03 Å². The molecule has 0 aliphatic carbocycles. The lowest BCUT2D eigenvalue weighted by Crippen LogP contribution is -2.58. The van der Waals surface area contributed by atoms with Crippen molar-refractivity contribution < 1.29 is 18.6 Å². The van der Waals surface area contributed by atoms with Crippen LogP contribution in [-0.2, 0) is 0 Å². The first-order valence-corrected chi connectivity index (χ1v) is 13.1. The summed E-state index contributed by atoms with van der Waals surface area (Å²) in [6.45, 7) is 12.5. The number of benzene rings is 2. The van der Waals surface area contributed by atoms with Crippen LogP contribution in [-0.4, -0.2) is 53.8 Å². The average Bonchev–Trinajstić information content (AvgIpc) is 3.42. The van der Waals surface area contributed by atoms with E-state index in [0.717, 1.165) is 71.6 Å². The molecular formula is C27H30N4O2S+2. The number of nitrogens with zero attached hydrogens (tertiary/aromatic N) is 4. The van der Waals surface area contributed by atoms with Gasteiger partial charge in [-0.05, 0) is 61.1 Å². The van der Waals surface area contributed by atoms with E-state index in [1.807, 2.05) is 0 Å². The van der Waals surface area contributed by atoms with Crippen LogP contribution in [0, 0.1) is 0 Å². The molecule has 7 heteroatoms. The van der Waals surface area contributed by atoms with Crippen LogP contribution in [0.15, 0.2) is 47.2 Å². The maximum atomic E-state index is 6.81. The van der Waals surface area contributed by atoms with Gasteiger partial charge in [-0.2, -0.15) is 0 Å². The molecule has 0 N–H and O–H groups in total. The standard InChI is InChI=1S/C27H30N4O2S/c1-5-28(6-2)21-11-9-19-15-30-23-17-34-18-24(23)31-16-20-10-12-22(29(7-3)8-4)14-26(20)33-27(30,31)32-25(19)13-21/h9-18H,5-8H2,1-4H3/q+2. The first-order chi connectivity index (χ1) is 16.6. The van der Waals surface area contributed by atoms with E-state index in [9.17, 15) is 0 Å². The Balaban J connectivity index is 1.50. The van der Waals surface area contributed by atoms with Gasteiger partial charge in [0.05, 0.1) is 21.9 Å². The Morgan fingerprint density at radius 1 is 0.706 bits per heavy atom. The molecular weight excluding hydrogens is 444 g/mol. The van der Waals surface area contributed by atoms with Crippen molar-refractivity contribution in [1.29, 1.82) is 0 Å². The number of hydrogen-bond donors (Lipinski definition) is 0. The Kier molecular flexibility index (Phi) is 4.92. The zero-order valence-electron chi connectivity index (χ0n) is 20.1. The summed E-state index contributed by atoms with van der Waals surface area (Å²) in [6, 6.07) is 11.8. The highest BCUT2D eigenvalue weighted by Crippen LogP contribution is 2.50. The summed E-state index contributed by atoms with van der Waals surface area (Å²) >= 11 is 1.69. The monoisotopic (exact) mass is 474 g/mol. The molecule has 3 aliphatic rings. The van der Waals surface area contributed by atoms with Gasteiger partial charge in [0.1, 0.15) is 0 Å². The van der Waals surface area contributed by atoms with Crippen LogP contribution in [0.1, 0.15) is 38.8 Å². The fraction of sp³-hybridized carbons (Fsp3) is 0.333. The summed E-state index contributed by atoms with van der Waals surface area (Å²) in [4.78, 5) is 4.66. The highest BCUT2D eigenvalue weighted by Gasteiger charge is 2.72. The van der Waals surface area contributed by atoms with Crippen LogP contribution in [0.2, 0.25) is 0 Å². The number of anilines is 2. The zero-order chi connectivity index (χ0) is 23.4. The second kappa shape index (κ2) is 7.87. The lowest BCUT2D eigenvalue weighted by atomic mass is 10.1. The third kappa shape index (κ3) is 2.92. The van der Waals surface area contributed by atoms with Gasteiger partial charge in [-0.25, -0.2) is 0 Å². The molecule has 4 heterocycles. The smallest absolute Gasteiger partial charge is 0.372 e. The Morgan fingerprint density at radius 2 is 1.15 bits per heavy atom. The highest BCUT2D eigenvalue weighted by molar-refractivity contribution is 7.08. The molecule has 174 valence electrons. The molecule has 6 rings (SSSR count). The lowest BCUT2D eigenvalue weighted by molar-refractivity contribution is -0.831. The quantitative estimate of drug-likeness (QED) is 0.449. The van der Waals surface area contributed by atoms with E-state index in [2.05, 4.69) is 106 Å². The average molecular weight is 475 g/mol. The minimum atomic E-state index is -1.11. The fourth-order valence-electron chi connectivity index (χ4n) is 5.16. The molecule has 0 amide bonds. The number of rotatable bonds is 6. The molecule has 3 aromatic rings. The number of thiophene rings is 1. The fourth-order valence-corrected chi connectivity index (χ4v) is 5.95. The van der Waals surface area contributed by atoms with E-state index in [1.165, 1.54) is 0 Å². The lowest BCUT2D eigenvalue weighted by Gasteiger charge is -2.29. The SMILES string of the molecule is CCN(CC)c1ccc2c(c1)OC13Oc4cc(N(CC)CC)ccc4C=[N+]1c1cscc1[N+]3=C2. The largest absolute Gasteiger partial charge is 0.715 e. The molecule has 1 spiro atoms. The summed E-state index contributed by atoms with van der Waals surface area (Å²) in [5, 5.41) is 4.32. The summed E-state index contributed by atoms with van der Waals surface area (Å²) in [7, 11) is 0. The maximum absolute atomic E-state index is 6.81. The van der Waals surface area contributed by atoms with Crippen LogP contribution in [0.3, 0.4) is 0 Å². The molecule has 6 nitrogen and oxygen atoms in total. The Hall–Kier alpha value is -3.32. The van der Waals surface area contributed by atoms with Crippen molar-refractivity contribution >= 4 is 46.5 Å². The Morgan fingerprint density at radius 3 is 1.56 bits per heavy atom. The topological polar surface area (TPSA) is 31.0 Å². The van der Waals surface area contributed by atoms with E-state index in [-0.39, 0.29) is 0 Å². The first-order valence-electron chi connectivity index (χ1n) is 12.1. The van der Waals surface area contributed by atoms with E-state index in [1.54, 1.807) is 11.3 Å². The predicted molar refractivity (Wildman–Crippen MR) is 138 cm³/mol. The number of ether oxygens (including phenoxy) is 2. The summed E-state index contributed by atoms with van der Waals surface area (Å²) in [5.74, 6) is 1.66. The third-order valence-corrected chi connectivity index (χ3v) is 7.74. The molecule has 0 saturated heterocycles. The van der Waals surface area contributed by atoms with Crippen molar-refractivity contribution in [3.63, 3.8) is 0 Å². The second-order valence-corrected chi connectivity index (χ2v) is 9.43. The molecule has 0 unspecified atom stereocenters. The van der Waals surface area contributed by atoms with Crippen LogP contribution in [0.25, 0.3) is 0 Å². The first kappa shape index (κ1) is 21.2. The van der Waals surface area contributed by atoms with Crippen molar-refractivity contribution in [2.75, 3.05) is 36.0 Å². The summed E-state index contributed by atoms with van der Waals surface area (Å²) in [5.41, 5.74) is 6.60. The summed E-state index contributed by atoms with van der Waals surface area (Å²) in [6.07, 6.45) is 4.31. The molecule has 0 atom stereocenters. The van der Waals surface area contributed by atoms with Crippen LogP contribution in [0.4, 0.5) is 22.7 Å². The summed E-state index contributed by atoms with van der Waals surface area (Å²) < 4.78 is 17.9. The molecule has 34 heavy (non-hydrogen) atoms. The molecule has 2 aromatic carbocycles. The van der Waals surface area contributed by atoms with Crippen molar-refractivity contribution in [2.45, 2.75) is 33.7 Å². The van der Waals surface area contributed by atoms with Gasteiger partial charge in [-0.3, -0.25) is 0 Å². The van der Waals surface area contributed by atoms with E-state index in [0.29, 0.717) is 0 Å². The van der Waals surface area contributed by atoms with Crippen molar-refractivity contribution in [1.82, 2.24) is 0 Å². The second-order valence-electron chi connectivity index (χ2n) is 8.68. The molecule has 0 bridgehead atoms. The minimum absolute atomic E-state index is 0.830. The van der Waals surface area contributed by atoms with Gasteiger partial charge in [0.15, 0.2) is 23.9 Å². The normalized spacial score (nSPS) is 16.0. The molecule has 1 aromatic heterocycles. The van der Waals surface area contributed by atoms with Crippen molar-refractivity contribution in [2.24, 2.45) is 0 Å². The van der Waals surface area contributed by atoms with Crippen LogP contribution in [0.5, 0.6) is 11.5 Å². The third-order valence-electron chi connectivity index (χ3n) is 7.02. The van der Waals surface area contributed by atoms with Crippen molar-refractivity contribution in [3.8, 4) is 11.5 Å². The van der Waals surface area contributed by atoms with E-state index in [4.69, 9.17) is 9.47 Å². The van der Waals surface area contributed by atoms with Gasteiger partial charge in [0, 0.05) is 49.7 Å². The maximum Gasteiger partial charge on any atom is 0.715 e. The van der Waals surface area contributed by atoms with Gasteiger partial charge < -0.3 is 19.3 Å². The van der Waals surface area contributed by atoms with Gasteiger partial charge in [0.2, 0.25) is 0 Å². The molecule has 0 saturated carbocycles. The molecule has 0 fully saturated rings. The van der Waals surface area contributed by atoms with Crippen LogP contribution < -0.4 is 19.3 Å². The zero-order valence-corrected chi connectivity index (χ0v) is 20.9. The predicted octanol–water partition coefficient (Wildman–Crippen LogP) is 5.38. The minimum Gasteiger partial charge on any atom is -0.372 e. The Bertz CT molecular complexity index is 1230. The molecule has 3 aliphatic heterocycles. The van der Waals surface area contributed by atoms with Gasteiger partial charge in [-0.15, -0.1) is 11.3 Å². The Labute approximate surface area is 204 Å². The van der Waals surface area contributed by atoms with Crippen molar-refractivity contribution in [3.05, 3.63) is 58.3 Å². The number of fused-ring (bicyclic) bond motifs is 5. The van der Waals surface area contributed by atoms with Gasteiger partial charge in [-0.1, -0.05) is 0 Å². The van der Waals surface area contributed by atoms with Crippen LogP contribution >= 0.6 is 11.3 Å². The highest BCUT2D eigenvalue weighted by atomic mass is 32.1. The van der Waals surface area contributed by atoms with E-state index >= 15 is 0 Å². The van der Waals surface area contributed by atoms with Gasteiger partial charge >= 0.3 is 17.4 Å². The number of hydrogen-bond acceptors (Lipinski definition) is 5.